The average Bonchev–Trinajstić information content (AvgIpc) is 2.41. The van der Waals surface area contributed by atoms with E-state index in [1.165, 1.54) is 51.7 Å². The lowest BCUT2D eigenvalue weighted by Gasteiger charge is -2.53. The van der Waals surface area contributed by atoms with Crippen molar-refractivity contribution in [1.29, 1.82) is 0 Å². The highest BCUT2D eigenvalue weighted by molar-refractivity contribution is 5.01. The van der Waals surface area contributed by atoms with E-state index in [-0.39, 0.29) is 5.54 Å². The maximum absolute atomic E-state index is 6.30. The Morgan fingerprint density at radius 2 is 1.81 bits per heavy atom. The second-order valence-corrected chi connectivity index (χ2v) is 8.70. The van der Waals surface area contributed by atoms with Crippen LogP contribution in [0, 0.1) is 17.3 Å². The van der Waals surface area contributed by atoms with Gasteiger partial charge in [-0.3, -0.25) is 4.90 Å². The number of nitrogens with zero attached hydrogens (tertiary/aromatic N) is 2. The molecule has 21 heavy (non-hydrogen) atoms. The van der Waals surface area contributed by atoms with E-state index in [4.69, 9.17) is 5.73 Å². The van der Waals surface area contributed by atoms with Crippen molar-refractivity contribution in [2.24, 2.45) is 23.0 Å². The first kappa shape index (κ1) is 17.2. The minimum absolute atomic E-state index is 0.235. The molecule has 1 aliphatic carbocycles. The monoisotopic (exact) mass is 295 g/mol. The van der Waals surface area contributed by atoms with E-state index in [2.05, 4.69) is 44.7 Å². The topological polar surface area (TPSA) is 32.5 Å². The van der Waals surface area contributed by atoms with Crippen molar-refractivity contribution < 1.29 is 0 Å². The first-order valence-electron chi connectivity index (χ1n) is 8.89. The van der Waals surface area contributed by atoms with Gasteiger partial charge in [0.2, 0.25) is 0 Å². The van der Waals surface area contributed by atoms with Crippen LogP contribution in [0.4, 0.5) is 0 Å². The number of likely N-dealkylation sites (N-methyl/N-ethyl adjacent to an activating group) is 1. The van der Waals surface area contributed by atoms with Crippen molar-refractivity contribution >= 4 is 0 Å². The van der Waals surface area contributed by atoms with Gasteiger partial charge in [-0.15, -0.1) is 0 Å². The summed E-state index contributed by atoms with van der Waals surface area (Å²) in [6.07, 6.45) is 6.58. The van der Waals surface area contributed by atoms with Crippen LogP contribution in [0.5, 0.6) is 0 Å². The van der Waals surface area contributed by atoms with Gasteiger partial charge in [0.15, 0.2) is 0 Å². The zero-order chi connectivity index (χ0) is 15.7. The normalized spacial score (nSPS) is 35.3. The molecule has 0 aromatic rings. The molecular formula is C18H37N3. The van der Waals surface area contributed by atoms with Gasteiger partial charge in [0.25, 0.3) is 0 Å². The minimum atomic E-state index is 0.235. The fourth-order valence-corrected chi connectivity index (χ4v) is 4.76. The highest BCUT2D eigenvalue weighted by Crippen LogP contribution is 2.46. The van der Waals surface area contributed by atoms with Crippen LogP contribution in [-0.2, 0) is 0 Å². The predicted octanol–water partition coefficient (Wildman–Crippen LogP) is 2.80. The second kappa shape index (κ2) is 6.55. The zero-order valence-corrected chi connectivity index (χ0v) is 15.0. The number of piperidine rings is 1. The molecule has 1 saturated carbocycles. The summed E-state index contributed by atoms with van der Waals surface area (Å²) in [6, 6.07) is 0. The standard InChI is InChI=1S/C18H37N3/c1-15-12-17(2,3)8-9-18(15,14-19)21(5)13-16-6-10-20(4)11-7-16/h15-16H,6-14,19H2,1-5H3. The molecule has 0 aromatic carbocycles. The van der Waals surface area contributed by atoms with Crippen LogP contribution in [0.2, 0.25) is 0 Å². The van der Waals surface area contributed by atoms with Gasteiger partial charge in [-0.05, 0) is 76.5 Å². The fourth-order valence-electron chi connectivity index (χ4n) is 4.76. The zero-order valence-electron chi connectivity index (χ0n) is 15.0. The minimum Gasteiger partial charge on any atom is -0.329 e. The Morgan fingerprint density at radius 1 is 1.19 bits per heavy atom. The van der Waals surface area contributed by atoms with Gasteiger partial charge in [-0.1, -0.05) is 20.8 Å². The van der Waals surface area contributed by atoms with E-state index in [0.29, 0.717) is 11.3 Å². The van der Waals surface area contributed by atoms with Crippen molar-refractivity contribution in [3.8, 4) is 0 Å². The molecule has 2 unspecified atom stereocenters. The summed E-state index contributed by atoms with van der Waals surface area (Å²) in [4.78, 5) is 5.10. The molecule has 1 aliphatic heterocycles. The lowest BCUT2D eigenvalue weighted by molar-refractivity contribution is -0.0187. The summed E-state index contributed by atoms with van der Waals surface area (Å²) < 4.78 is 0. The second-order valence-electron chi connectivity index (χ2n) is 8.70. The van der Waals surface area contributed by atoms with Crippen LogP contribution in [0.15, 0.2) is 0 Å². The third-order valence-electron chi connectivity index (χ3n) is 6.49. The van der Waals surface area contributed by atoms with Crippen LogP contribution >= 0.6 is 0 Å². The number of rotatable bonds is 4. The molecule has 0 spiro atoms. The summed E-state index contributed by atoms with van der Waals surface area (Å²) in [5.74, 6) is 1.55. The van der Waals surface area contributed by atoms with Crippen LogP contribution < -0.4 is 5.73 Å². The van der Waals surface area contributed by atoms with Crippen molar-refractivity contribution in [3.63, 3.8) is 0 Å². The van der Waals surface area contributed by atoms with Crippen molar-refractivity contribution in [2.45, 2.75) is 58.4 Å². The van der Waals surface area contributed by atoms with Crippen LogP contribution in [0.25, 0.3) is 0 Å². The molecule has 2 rings (SSSR count). The van der Waals surface area contributed by atoms with Crippen LogP contribution in [0.3, 0.4) is 0 Å². The molecule has 124 valence electrons. The van der Waals surface area contributed by atoms with Crippen molar-refractivity contribution in [1.82, 2.24) is 9.80 Å². The van der Waals surface area contributed by atoms with E-state index < -0.39 is 0 Å². The molecule has 2 atom stereocenters. The van der Waals surface area contributed by atoms with Crippen molar-refractivity contribution in [3.05, 3.63) is 0 Å². The number of likely N-dealkylation sites (tertiary alicyclic amines) is 1. The molecule has 3 heteroatoms. The summed E-state index contributed by atoms with van der Waals surface area (Å²) in [6.45, 7) is 11.8. The average molecular weight is 296 g/mol. The van der Waals surface area contributed by atoms with E-state index in [1.807, 2.05) is 0 Å². The lowest BCUT2D eigenvalue weighted by Crippen LogP contribution is -2.60. The molecular weight excluding hydrogens is 258 g/mol. The summed E-state index contributed by atoms with van der Waals surface area (Å²) in [7, 11) is 4.58. The maximum atomic E-state index is 6.30. The highest BCUT2D eigenvalue weighted by atomic mass is 15.2. The fraction of sp³-hybridized carbons (Fsp3) is 1.00. The number of nitrogens with two attached hydrogens (primary N) is 1. The van der Waals surface area contributed by atoms with E-state index in [9.17, 15) is 0 Å². The van der Waals surface area contributed by atoms with E-state index in [0.717, 1.165) is 12.5 Å². The first-order chi connectivity index (χ1) is 9.79. The number of hydrogen-bond acceptors (Lipinski definition) is 3. The van der Waals surface area contributed by atoms with Gasteiger partial charge < -0.3 is 10.6 Å². The molecule has 2 aliphatic rings. The molecule has 3 nitrogen and oxygen atoms in total. The largest absolute Gasteiger partial charge is 0.329 e. The predicted molar refractivity (Wildman–Crippen MR) is 91.4 cm³/mol. The molecule has 0 radical (unpaired) electrons. The quantitative estimate of drug-likeness (QED) is 0.865. The summed E-state index contributed by atoms with van der Waals surface area (Å²) in [5.41, 5.74) is 7.02. The van der Waals surface area contributed by atoms with E-state index >= 15 is 0 Å². The first-order valence-corrected chi connectivity index (χ1v) is 8.89. The molecule has 0 bridgehead atoms. The Balaban J connectivity index is 1.99. The highest BCUT2D eigenvalue weighted by Gasteiger charge is 2.45. The van der Waals surface area contributed by atoms with Crippen LogP contribution in [-0.4, -0.2) is 55.6 Å². The Hall–Kier alpha value is -0.120. The molecule has 2 fully saturated rings. The summed E-state index contributed by atoms with van der Waals surface area (Å²) in [5, 5.41) is 0. The Morgan fingerprint density at radius 3 is 2.33 bits per heavy atom. The van der Waals surface area contributed by atoms with Gasteiger partial charge in [-0.2, -0.15) is 0 Å². The number of hydrogen-bond donors (Lipinski definition) is 1. The third-order valence-corrected chi connectivity index (χ3v) is 6.49. The summed E-state index contributed by atoms with van der Waals surface area (Å²) >= 11 is 0. The molecule has 1 heterocycles. The van der Waals surface area contributed by atoms with Crippen LogP contribution in [0.1, 0.15) is 52.9 Å². The lowest BCUT2D eigenvalue weighted by atomic mass is 9.63. The SMILES string of the molecule is CC1CC(C)(C)CCC1(CN)N(C)CC1CCN(C)CC1. The molecule has 0 aromatic heterocycles. The molecule has 0 amide bonds. The third kappa shape index (κ3) is 3.80. The smallest absolute Gasteiger partial charge is 0.0354 e. The van der Waals surface area contributed by atoms with Gasteiger partial charge in [0.1, 0.15) is 0 Å². The maximum Gasteiger partial charge on any atom is 0.0354 e. The molecule has 2 N–H and O–H groups in total. The Kier molecular flexibility index (Phi) is 5.38. The Bertz CT molecular complexity index is 333. The Labute approximate surface area is 132 Å². The molecule has 1 saturated heterocycles. The van der Waals surface area contributed by atoms with Gasteiger partial charge in [0, 0.05) is 18.6 Å². The van der Waals surface area contributed by atoms with E-state index in [1.54, 1.807) is 0 Å². The van der Waals surface area contributed by atoms with Crippen molar-refractivity contribution in [2.75, 3.05) is 40.3 Å². The van der Waals surface area contributed by atoms with Gasteiger partial charge >= 0.3 is 0 Å². The van der Waals surface area contributed by atoms with Gasteiger partial charge in [-0.25, -0.2) is 0 Å². The van der Waals surface area contributed by atoms with Gasteiger partial charge in [0.05, 0.1) is 0 Å².